The zero-order valence-electron chi connectivity index (χ0n) is 15.2. The molecule has 0 aliphatic carbocycles. The first-order valence-electron chi connectivity index (χ1n) is 8.15. The molecule has 0 saturated carbocycles. The second-order valence-corrected chi connectivity index (χ2v) is 7.06. The Hall–Kier alpha value is -2.82. The van der Waals surface area contributed by atoms with Crippen LogP contribution in [0.3, 0.4) is 0 Å². The average molecular weight is 475 g/mol. The predicted molar refractivity (Wildman–Crippen MR) is 103 cm³/mol. The molecule has 0 fully saturated rings. The first kappa shape index (κ1) is 20.9. The van der Waals surface area contributed by atoms with Gasteiger partial charge in [-0.1, -0.05) is 0 Å². The molecule has 29 heavy (non-hydrogen) atoms. The summed E-state index contributed by atoms with van der Waals surface area (Å²) in [4.78, 5) is 16.2. The second kappa shape index (κ2) is 7.54. The molecule has 1 amide bonds. The van der Waals surface area contributed by atoms with Crippen molar-refractivity contribution in [1.29, 1.82) is 0 Å². The van der Waals surface area contributed by atoms with Gasteiger partial charge in [-0.05, 0) is 33.6 Å². The van der Waals surface area contributed by atoms with Crippen LogP contribution in [0.15, 0.2) is 29.0 Å². The molecule has 2 aromatic heterocycles. The molecule has 3 rings (SSSR count). The van der Waals surface area contributed by atoms with E-state index in [9.17, 15) is 22.4 Å². The van der Waals surface area contributed by atoms with E-state index in [2.05, 4.69) is 20.9 Å². The highest BCUT2D eigenvalue weighted by Crippen LogP contribution is 2.39. The quantitative estimate of drug-likeness (QED) is 0.559. The van der Waals surface area contributed by atoms with Crippen LogP contribution in [0.25, 0.3) is 22.0 Å². The number of rotatable bonds is 4. The van der Waals surface area contributed by atoms with Gasteiger partial charge in [-0.3, -0.25) is 4.79 Å². The lowest BCUT2D eigenvalue weighted by Gasteiger charge is -2.13. The molecule has 0 unspecified atom stereocenters. The number of pyridine rings is 1. The molecule has 0 aliphatic rings. The summed E-state index contributed by atoms with van der Waals surface area (Å²) in [6.45, 7) is -1.59. The molecule has 11 heteroatoms. The first-order chi connectivity index (χ1) is 13.5. The number of nitrogens with one attached hydrogen (secondary N) is 1. The summed E-state index contributed by atoms with van der Waals surface area (Å²) in [6.07, 6.45) is -1.39. The molecule has 3 aromatic rings. The van der Waals surface area contributed by atoms with Crippen molar-refractivity contribution in [2.24, 2.45) is 7.05 Å². The first-order valence-corrected chi connectivity index (χ1v) is 8.94. The number of aryl methyl sites for hydroxylation is 1. The SMILES string of the molecule is COc1cc(-c2cn(C)c3c(Br)cnc(N)c23)cc(F)c1C(=O)NCC(F)(F)F. The number of carbonyl (C=O) groups is 1. The third-order valence-electron chi connectivity index (χ3n) is 4.24. The number of ether oxygens (including phenoxy) is 1. The highest BCUT2D eigenvalue weighted by Gasteiger charge is 2.30. The highest BCUT2D eigenvalue weighted by atomic mass is 79.9. The Labute approximate surface area is 170 Å². The van der Waals surface area contributed by atoms with Crippen molar-refractivity contribution in [2.75, 3.05) is 19.4 Å². The lowest BCUT2D eigenvalue weighted by Crippen LogP contribution is -2.34. The average Bonchev–Trinajstić information content (AvgIpc) is 3.00. The molecule has 0 spiro atoms. The maximum Gasteiger partial charge on any atom is 0.405 e. The molecule has 0 saturated heterocycles. The van der Waals surface area contributed by atoms with E-state index in [-0.39, 0.29) is 11.6 Å². The van der Waals surface area contributed by atoms with E-state index >= 15 is 0 Å². The van der Waals surface area contributed by atoms with Crippen LogP contribution in [-0.4, -0.2) is 35.3 Å². The van der Waals surface area contributed by atoms with Gasteiger partial charge in [0.25, 0.3) is 5.91 Å². The Morgan fingerprint density at radius 1 is 1.38 bits per heavy atom. The molecule has 1 aromatic carbocycles. The van der Waals surface area contributed by atoms with Gasteiger partial charge in [0.2, 0.25) is 0 Å². The van der Waals surface area contributed by atoms with E-state index in [0.717, 1.165) is 11.6 Å². The lowest BCUT2D eigenvalue weighted by molar-refractivity contribution is -0.123. The van der Waals surface area contributed by atoms with Gasteiger partial charge < -0.3 is 20.4 Å². The Morgan fingerprint density at radius 3 is 2.69 bits per heavy atom. The van der Waals surface area contributed by atoms with E-state index in [4.69, 9.17) is 10.5 Å². The summed E-state index contributed by atoms with van der Waals surface area (Å²) in [5.74, 6) is -2.26. The smallest absolute Gasteiger partial charge is 0.405 e. The minimum Gasteiger partial charge on any atom is -0.496 e. The number of anilines is 1. The van der Waals surface area contributed by atoms with Crippen LogP contribution in [0.4, 0.5) is 23.4 Å². The van der Waals surface area contributed by atoms with Crippen molar-refractivity contribution in [3.63, 3.8) is 0 Å². The fourth-order valence-electron chi connectivity index (χ4n) is 3.03. The lowest BCUT2D eigenvalue weighted by atomic mass is 10.0. The molecular formula is C18H15BrF4N4O2. The number of carbonyl (C=O) groups excluding carboxylic acids is 1. The molecule has 154 valence electrons. The maximum absolute atomic E-state index is 14.8. The number of amides is 1. The Kier molecular flexibility index (Phi) is 5.44. The number of hydrogen-bond acceptors (Lipinski definition) is 4. The number of nitrogens with zero attached hydrogens (tertiary/aromatic N) is 2. The number of methoxy groups -OCH3 is 1. The van der Waals surface area contributed by atoms with Crippen molar-refractivity contribution in [3.05, 3.63) is 40.4 Å². The van der Waals surface area contributed by atoms with Crippen molar-refractivity contribution in [3.8, 4) is 16.9 Å². The number of nitrogens with two attached hydrogens (primary N) is 1. The Balaban J connectivity index is 2.12. The number of alkyl halides is 3. The molecule has 6 nitrogen and oxygen atoms in total. The van der Waals surface area contributed by atoms with Gasteiger partial charge in [0.15, 0.2) is 0 Å². The largest absolute Gasteiger partial charge is 0.496 e. The number of halogens is 5. The number of hydrogen-bond donors (Lipinski definition) is 2. The fourth-order valence-corrected chi connectivity index (χ4v) is 3.61. The van der Waals surface area contributed by atoms with Gasteiger partial charge in [0.05, 0.1) is 22.5 Å². The third-order valence-corrected chi connectivity index (χ3v) is 4.82. The van der Waals surface area contributed by atoms with Crippen LogP contribution in [0.1, 0.15) is 10.4 Å². The minimum absolute atomic E-state index is 0.210. The summed E-state index contributed by atoms with van der Waals surface area (Å²) in [5.41, 5.74) is 6.95. The zero-order valence-corrected chi connectivity index (χ0v) is 16.8. The highest BCUT2D eigenvalue weighted by molar-refractivity contribution is 9.10. The molecule has 3 N–H and O–H groups in total. The Bertz CT molecular complexity index is 1110. The van der Waals surface area contributed by atoms with Crippen LogP contribution in [0.2, 0.25) is 0 Å². The summed E-state index contributed by atoms with van der Waals surface area (Å²) in [6, 6.07) is 2.40. The number of nitrogen functional groups attached to an aromatic ring is 1. The molecule has 0 bridgehead atoms. The summed E-state index contributed by atoms with van der Waals surface area (Å²) in [7, 11) is 2.96. The molecule has 2 heterocycles. The van der Waals surface area contributed by atoms with Crippen LogP contribution in [-0.2, 0) is 7.05 Å². The standard InChI is InChI=1S/C18H15BrF4N4O2/c1-27-6-9(13-15(27)10(19)5-25-16(13)24)8-3-11(20)14(12(4-8)29-2)17(28)26-7-18(21,22)23/h3-6H,7H2,1-2H3,(H2,24,25)(H,26,28). The third kappa shape index (κ3) is 4.00. The van der Waals surface area contributed by atoms with E-state index < -0.39 is 30.0 Å². The van der Waals surface area contributed by atoms with Crippen LogP contribution in [0, 0.1) is 5.82 Å². The number of aromatic nitrogens is 2. The normalized spacial score (nSPS) is 11.7. The second-order valence-electron chi connectivity index (χ2n) is 6.20. The van der Waals surface area contributed by atoms with Gasteiger partial charge >= 0.3 is 6.18 Å². The molecule has 0 aliphatic heterocycles. The van der Waals surface area contributed by atoms with Gasteiger partial charge in [0, 0.05) is 25.0 Å². The summed E-state index contributed by atoms with van der Waals surface area (Å²) in [5, 5.41) is 2.19. The topological polar surface area (TPSA) is 82.2 Å². The van der Waals surface area contributed by atoms with Gasteiger partial charge in [-0.2, -0.15) is 13.2 Å². The predicted octanol–water partition coefficient (Wildman–Crippen LogP) is 4.02. The van der Waals surface area contributed by atoms with Crippen molar-refractivity contribution in [1.82, 2.24) is 14.9 Å². The maximum atomic E-state index is 14.8. The van der Waals surface area contributed by atoms with Gasteiger partial charge in [0.1, 0.15) is 29.5 Å². The van der Waals surface area contributed by atoms with Crippen LogP contribution < -0.4 is 15.8 Å². The zero-order chi connectivity index (χ0) is 21.5. The Morgan fingerprint density at radius 2 is 2.07 bits per heavy atom. The van der Waals surface area contributed by atoms with Crippen molar-refractivity contribution in [2.45, 2.75) is 6.18 Å². The summed E-state index contributed by atoms with van der Waals surface area (Å²) >= 11 is 3.39. The molecule has 0 radical (unpaired) electrons. The van der Waals surface area contributed by atoms with E-state index in [1.807, 2.05) is 0 Å². The van der Waals surface area contributed by atoms with Crippen LogP contribution >= 0.6 is 15.9 Å². The molecule has 0 atom stereocenters. The summed E-state index contributed by atoms with van der Waals surface area (Å²) < 4.78 is 59.3. The number of benzene rings is 1. The van der Waals surface area contributed by atoms with Crippen molar-refractivity contribution >= 4 is 38.6 Å². The monoisotopic (exact) mass is 474 g/mol. The van der Waals surface area contributed by atoms with E-state index in [0.29, 0.717) is 21.0 Å². The number of fused-ring (bicyclic) bond motifs is 1. The van der Waals surface area contributed by atoms with Crippen LogP contribution in [0.5, 0.6) is 5.75 Å². The van der Waals surface area contributed by atoms with Crippen molar-refractivity contribution < 1.29 is 27.1 Å². The molecular weight excluding hydrogens is 460 g/mol. The fraction of sp³-hybridized carbons (Fsp3) is 0.222. The van der Waals surface area contributed by atoms with E-state index in [1.54, 1.807) is 23.1 Å². The van der Waals surface area contributed by atoms with Gasteiger partial charge in [-0.25, -0.2) is 9.37 Å². The van der Waals surface area contributed by atoms with Gasteiger partial charge in [-0.15, -0.1) is 0 Å². The van der Waals surface area contributed by atoms with E-state index in [1.165, 1.54) is 19.4 Å². The minimum atomic E-state index is -4.62.